The Labute approximate surface area is 104 Å². The first kappa shape index (κ1) is 10.7. The van der Waals surface area contributed by atoms with Crippen molar-refractivity contribution in [1.82, 2.24) is 9.97 Å². The molecule has 5 heteroatoms. The number of rotatable bonds is 2. The molecule has 0 aliphatic heterocycles. The third-order valence-electron chi connectivity index (χ3n) is 3.49. The Morgan fingerprint density at radius 3 is 2.94 bits per heavy atom. The number of amides is 1. The lowest BCUT2D eigenvalue weighted by Crippen LogP contribution is -2.26. The summed E-state index contributed by atoms with van der Waals surface area (Å²) in [7, 11) is 0. The highest BCUT2D eigenvalue weighted by atomic mass is 35.5. The fourth-order valence-electron chi connectivity index (χ4n) is 2.71. The van der Waals surface area contributed by atoms with Gasteiger partial charge >= 0.3 is 0 Å². The first-order valence-electron chi connectivity index (χ1n) is 5.70. The van der Waals surface area contributed by atoms with Crippen LogP contribution in [0.5, 0.6) is 0 Å². The van der Waals surface area contributed by atoms with E-state index in [1.54, 1.807) is 6.07 Å². The van der Waals surface area contributed by atoms with E-state index >= 15 is 0 Å². The van der Waals surface area contributed by atoms with E-state index in [1.807, 2.05) is 0 Å². The van der Waals surface area contributed by atoms with Crippen LogP contribution in [0, 0.1) is 17.8 Å². The lowest BCUT2D eigenvalue weighted by molar-refractivity contribution is -0.120. The molecular formula is C12H12ClN3O. The van der Waals surface area contributed by atoms with Crippen molar-refractivity contribution in [3.63, 3.8) is 0 Å². The van der Waals surface area contributed by atoms with E-state index in [1.165, 1.54) is 6.20 Å². The minimum Gasteiger partial charge on any atom is -0.310 e. The average molecular weight is 250 g/mol. The molecule has 2 bridgehead atoms. The lowest BCUT2D eigenvalue weighted by atomic mass is 9.93. The van der Waals surface area contributed by atoms with E-state index in [0.29, 0.717) is 17.7 Å². The Balaban J connectivity index is 1.70. The molecule has 3 unspecified atom stereocenters. The molecule has 1 fully saturated rings. The number of aromatic nitrogens is 2. The second-order valence-corrected chi connectivity index (χ2v) is 4.92. The Kier molecular flexibility index (Phi) is 2.59. The van der Waals surface area contributed by atoms with Gasteiger partial charge in [-0.05, 0) is 42.3 Å². The van der Waals surface area contributed by atoms with Gasteiger partial charge in [0.2, 0.25) is 11.2 Å². The molecule has 1 aromatic heterocycles. The summed E-state index contributed by atoms with van der Waals surface area (Å²) in [5.41, 5.74) is 0. The van der Waals surface area contributed by atoms with Crippen LogP contribution in [0.25, 0.3) is 0 Å². The van der Waals surface area contributed by atoms with Crippen LogP contribution in [-0.2, 0) is 4.79 Å². The van der Waals surface area contributed by atoms with E-state index in [0.717, 1.165) is 12.8 Å². The van der Waals surface area contributed by atoms with Gasteiger partial charge < -0.3 is 5.32 Å². The second kappa shape index (κ2) is 4.11. The smallest absolute Gasteiger partial charge is 0.229 e. The maximum Gasteiger partial charge on any atom is 0.229 e. The number of nitrogens with one attached hydrogen (secondary N) is 1. The number of hydrogen-bond donors (Lipinski definition) is 1. The van der Waals surface area contributed by atoms with E-state index in [4.69, 9.17) is 11.6 Å². The summed E-state index contributed by atoms with van der Waals surface area (Å²) in [5.74, 6) is 1.58. The molecule has 1 N–H and O–H groups in total. The van der Waals surface area contributed by atoms with Crippen molar-refractivity contribution in [2.45, 2.75) is 12.8 Å². The molecule has 2 aliphatic rings. The van der Waals surface area contributed by atoms with Crippen LogP contribution in [0.4, 0.5) is 5.82 Å². The molecule has 3 atom stereocenters. The van der Waals surface area contributed by atoms with Crippen molar-refractivity contribution < 1.29 is 4.79 Å². The van der Waals surface area contributed by atoms with Crippen LogP contribution in [0.3, 0.4) is 0 Å². The quantitative estimate of drug-likeness (QED) is 0.646. The predicted molar refractivity (Wildman–Crippen MR) is 64.5 cm³/mol. The fraction of sp³-hybridized carbons (Fsp3) is 0.417. The topological polar surface area (TPSA) is 54.9 Å². The highest BCUT2D eigenvalue weighted by Crippen LogP contribution is 2.43. The van der Waals surface area contributed by atoms with Gasteiger partial charge in [-0.1, -0.05) is 12.2 Å². The third-order valence-corrected chi connectivity index (χ3v) is 3.68. The van der Waals surface area contributed by atoms with Crippen molar-refractivity contribution >= 4 is 23.3 Å². The molecule has 1 aromatic rings. The summed E-state index contributed by atoms with van der Waals surface area (Å²) >= 11 is 5.67. The minimum atomic E-state index is 0.0385. The lowest BCUT2D eigenvalue weighted by Gasteiger charge is -2.16. The Morgan fingerprint density at radius 2 is 2.29 bits per heavy atom. The minimum absolute atomic E-state index is 0.0385. The van der Waals surface area contributed by atoms with Gasteiger partial charge in [0.1, 0.15) is 5.82 Å². The molecule has 1 saturated carbocycles. The molecule has 0 aromatic carbocycles. The van der Waals surface area contributed by atoms with Crippen molar-refractivity contribution in [3.8, 4) is 0 Å². The fourth-order valence-corrected chi connectivity index (χ4v) is 2.85. The summed E-state index contributed by atoms with van der Waals surface area (Å²) in [4.78, 5) is 19.8. The van der Waals surface area contributed by atoms with Crippen LogP contribution in [0.2, 0.25) is 5.28 Å². The van der Waals surface area contributed by atoms with Gasteiger partial charge in [0.25, 0.3) is 0 Å². The Bertz CT molecular complexity index is 488. The first-order chi connectivity index (χ1) is 8.22. The largest absolute Gasteiger partial charge is 0.310 e. The molecule has 0 spiro atoms. The number of allylic oxidation sites excluding steroid dienone is 2. The highest BCUT2D eigenvalue weighted by Gasteiger charge is 2.39. The third kappa shape index (κ3) is 2.05. The van der Waals surface area contributed by atoms with Crippen LogP contribution in [-0.4, -0.2) is 15.9 Å². The maximum atomic E-state index is 12.1. The number of hydrogen-bond acceptors (Lipinski definition) is 3. The van der Waals surface area contributed by atoms with Crippen LogP contribution >= 0.6 is 11.6 Å². The molecule has 0 radical (unpaired) electrons. The highest BCUT2D eigenvalue weighted by molar-refractivity contribution is 6.28. The molecule has 2 aliphatic carbocycles. The summed E-state index contributed by atoms with van der Waals surface area (Å²) in [6.07, 6.45) is 7.97. The summed E-state index contributed by atoms with van der Waals surface area (Å²) < 4.78 is 0. The van der Waals surface area contributed by atoms with Gasteiger partial charge in [-0.2, -0.15) is 0 Å². The molecule has 1 amide bonds. The van der Waals surface area contributed by atoms with E-state index < -0.39 is 0 Å². The number of carbonyl (C=O) groups excluding carboxylic acids is 1. The maximum absolute atomic E-state index is 12.1. The van der Waals surface area contributed by atoms with Crippen molar-refractivity contribution in [2.75, 3.05) is 5.32 Å². The molecule has 17 heavy (non-hydrogen) atoms. The van der Waals surface area contributed by atoms with Gasteiger partial charge in [0.05, 0.1) is 0 Å². The SMILES string of the molecule is O=C(Nc1ccnc(Cl)n1)C1CC2C=CC1C2. The van der Waals surface area contributed by atoms with E-state index in [-0.39, 0.29) is 17.1 Å². The molecule has 3 rings (SSSR count). The zero-order chi connectivity index (χ0) is 11.8. The van der Waals surface area contributed by atoms with Crippen molar-refractivity contribution in [2.24, 2.45) is 17.8 Å². The molecular weight excluding hydrogens is 238 g/mol. The Morgan fingerprint density at radius 1 is 1.41 bits per heavy atom. The number of halogens is 1. The summed E-state index contributed by atoms with van der Waals surface area (Å²) in [6.45, 7) is 0. The van der Waals surface area contributed by atoms with Crippen molar-refractivity contribution in [3.05, 3.63) is 29.7 Å². The van der Waals surface area contributed by atoms with Gasteiger partial charge in [-0.15, -0.1) is 0 Å². The average Bonchev–Trinajstić information content (AvgIpc) is 2.90. The van der Waals surface area contributed by atoms with E-state index in [2.05, 4.69) is 27.4 Å². The summed E-state index contributed by atoms with van der Waals surface area (Å²) in [6, 6.07) is 1.65. The predicted octanol–water partition coefficient (Wildman–Crippen LogP) is 2.28. The van der Waals surface area contributed by atoms with Crippen LogP contribution in [0.1, 0.15) is 12.8 Å². The summed E-state index contributed by atoms with van der Waals surface area (Å²) in [5, 5.41) is 2.95. The monoisotopic (exact) mass is 249 g/mol. The normalized spacial score (nSPS) is 29.6. The molecule has 0 saturated heterocycles. The van der Waals surface area contributed by atoms with Gasteiger partial charge in [-0.25, -0.2) is 9.97 Å². The van der Waals surface area contributed by atoms with E-state index in [9.17, 15) is 4.79 Å². The Hall–Kier alpha value is -1.42. The number of anilines is 1. The van der Waals surface area contributed by atoms with Gasteiger partial charge in [-0.3, -0.25) is 4.79 Å². The number of fused-ring (bicyclic) bond motifs is 2. The van der Waals surface area contributed by atoms with Crippen LogP contribution in [0.15, 0.2) is 24.4 Å². The van der Waals surface area contributed by atoms with Gasteiger partial charge in [0, 0.05) is 12.1 Å². The van der Waals surface area contributed by atoms with Crippen LogP contribution < -0.4 is 5.32 Å². The molecule has 88 valence electrons. The zero-order valence-corrected chi connectivity index (χ0v) is 9.89. The number of nitrogens with zero attached hydrogens (tertiary/aromatic N) is 2. The molecule has 1 heterocycles. The van der Waals surface area contributed by atoms with Crippen molar-refractivity contribution in [1.29, 1.82) is 0 Å². The molecule has 4 nitrogen and oxygen atoms in total. The number of carbonyl (C=O) groups is 1. The standard InChI is InChI=1S/C12H12ClN3O/c13-12-14-4-3-10(16-12)15-11(17)9-6-7-1-2-8(9)5-7/h1-4,7-9H,5-6H2,(H,14,15,16,17). The second-order valence-electron chi connectivity index (χ2n) is 4.59. The first-order valence-corrected chi connectivity index (χ1v) is 6.08. The zero-order valence-electron chi connectivity index (χ0n) is 9.14. The van der Waals surface area contributed by atoms with Gasteiger partial charge in [0.15, 0.2) is 0 Å².